The number of sulfonamides is 2. The van der Waals surface area contributed by atoms with E-state index in [0.29, 0.717) is 6.54 Å². The normalized spacial score (nSPS) is 18.6. The predicted octanol–water partition coefficient (Wildman–Crippen LogP) is -3.69. The molecule has 1 aromatic heterocycles. The maximum absolute atomic E-state index is 12.9. The van der Waals surface area contributed by atoms with Gasteiger partial charge in [-0.2, -0.15) is 5.21 Å². The summed E-state index contributed by atoms with van der Waals surface area (Å²) in [7, 11) is -9.08. The minimum absolute atomic E-state index is 0.179. The van der Waals surface area contributed by atoms with Crippen molar-refractivity contribution in [3.8, 4) is 11.4 Å². The Morgan fingerprint density at radius 1 is 1.34 bits per heavy atom. The first-order chi connectivity index (χ1) is 15.1. The molecule has 1 unspecified atom stereocenters. The fraction of sp³-hybridized carbons (Fsp3) is 0.533. The van der Waals surface area contributed by atoms with Crippen LogP contribution in [0.2, 0.25) is 0 Å². The van der Waals surface area contributed by atoms with Gasteiger partial charge in [0.2, 0.25) is 25.9 Å². The van der Waals surface area contributed by atoms with Crippen LogP contribution in [0.1, 0.15) is 0 Å². The number of H-pyrrole nitrogens is 1. The highest BCUT2D eigenvalue weighted by molar-refractivity contribution is 7.92. The summed E-state index contributed by atoms with van der Waals surface area (Å²) in [5.74, 6) is -0.199. The average molecular weight is 493 g/mol. The fourth-order valence-electron chi connectivity index (χ4n) is 3.21. The molecule has 1 saturated heterocycles. The van der Waals surface area contributed by atoms with Crippen LogP contribution in [-0.4, -0.2) is 99.3 Å². The standard InChI is InChI=1S/C15H24N8O7S2/c16-5-9(25)6-18-32(28,29)12-2-1-11(23-3-4-30-10(7-23)8-24)13(14(12)31(17,26)27)15-19-21-22-20-15/h1-2,9-10,18,24-25H,3-8,16H2,(H2,17,26,27)(H,19,20,21,22)/t9-,10?/m1/s1. The third kappa shape index (κ3) is 5.21. The Kier molecular flexibility index (Phi) is 7.40. The molecule has 0 bridgehead atoms. The monoisotopic (exact) mass is 492 g/mol. The Morgan fingerprint density at radius 3 is 2.69 bits per heavy atom. The Balaban J connectivity index is 2.22. The van der Waals surface area contributed by atoms with E-state index < -0.39 is 48.6 Å². The van der Waals surface area contributed by atoms with E-state index in [2.05, 4.69) is 25.3 Å². The summed E-state index contributed by atoms with van der Waals surface area (Å²) >= 11 is 0. The number of primary sulfonamides is 1. The summed E-state index contributed by atoms with van der Waals surface area (Å²) in [6.07, 6.45) is -1.72. The van der Waals surface area contributed by atoms with Gasteiger partial charge in [0, 0.05) is 31.9 Å². The van der Waals surface area contributed by atoms with E-state index in [4.69, 9.17) is 15.6 Å². The fourth-order valence-corrected chi connectivity index (χ4v) is 5.88. The number of aliphatic hydroxyl groups excluding tert-OH is 2. The molecular weight excluding hydrogens is 468 g/mol. The van der Waals surface area contributed by atoms with E-state index in [-0.39, 0.29) is 43.4 Å². The number of aromatic amines is 1. The van der Waals surface area contributed by atoms with Crippen molar-refractivity contribution in [1.82, 2.24) is 25.3 Å². The number of hydrogen-bond donors (Lipinski definition) is 6. The summed E-state index contributed by atoms with van der Waals surface area (Å²) in [6, 6.07) is 2.47. The van der Waals surface area contributed by atoms with E-state index in [1.165, 1.54) is 6.07 Å². The van der Waals surface area contributed by atoms with Gasteiger partial charge in [-0.1, -0.05) is 0 Å². The smallest absolute Gasteiger partial charge is 0.242 e. The van der Waals surface area contributed by atoms with Crippen molar-refractivity contribution in [3.05, 3.63) is 12.1 Å². The molecule has 2 heterocycles. The zero-order chi connectivity index (χ0) is 23.5. The third-order valence-corrected chi connectivity index (χ3v) is 7.29. The molecule has 1 aliphatic heterocycles. The number of anilines is 1. The second kappa shape index (κ2) is 9.71. The van der Waals surface area contributed by atoms with Crippen LogP contribution in [0, 0.1) is 0 Å². The number of nitrogens with one attached hydrogen (secondary N) is 2. The minimum atomic E-state index is -4.63. The van der Waals surface area contributed by atoms with E-state index >= 15 is 0 Å². The van der Waals surface area contributed by atoms with Gasteiger partial charge >= 0.3 is 0 Å². The SMILES string of the molecule is NC[C@@H](O)CNS(=O)(=O)c1ccc(N2CCOC(CO)C2)c(-c2nn[nH]n2)c1S(N)(=O)=O. The van der Waals surface area contributed by atoms with E-state index in [9.17, 15) is 27.0 Å². The van der Waals surface area contributed by atoms with Crippen LogP contribution in [0.25, 0.3) is 11.4 Å². The number of morpholine rings is 1. The highest BCUT2D eigenvalue weighted by atomic mass is 32.2. The van der Waals surface area contributed by atoms with Gasteiger partial charge in [-0.3, -0.25) is 0 Å². The van der Waals surface area contributed by atoms with Gasteiger partial charge < -0.3 is 25.6 Å². The molecule has 0 saturated carbocycles. The van der Waals surface area contributed by atoms with Crippen molar-refractivity contribution in [2.24, 2.45) is 10.9 Å². The first kappa shape index (κ1) is 24.4. The van der Waals surface area contributed by atoms with Crippen LogP contribution in [0.4, 0.5) is 5.69 Å². The van der Waals surface area contributed by atoms with Crippen molar-refractivity contribution in [2.45, 2.75) is 22.0 Å². The van der Waals surface area contributed by atoms with Gasteiger partial charge in [-0.15, -0.1) is 10.2 Å². The number of aromatic nitrogens is 4. The average Bonchev–Trinajstić information content (AvgIpc) is 3.30. The number of aliphatic hydroxyl groups is 2. The van der Waals surface area contributed by atoms with Gasteiger partial charge in [0.25, 0.3) is 0 Å². The lowest BCUT2D eigenvalue weighted by atomic mass is 10.1. The van der Waals surface area contributed by atoms with Gasteiger partial charge in [0.1, 0.15) is 9.79 Å². The predicted molar refractivity (Wildman–Crippen MR) is 110 cm³/mol. The van der Waals surface area contributed by atoms with Crippen LogP contribution in [0.3, 0.4) is 0 Å². The zero-order valence-corrected chi connectivity index (χ0v) is 18.4. The van der Waals surface area contributed by atoms with Gasteiger partial charge in [-0.05, 0) is 17.3 Å². The number of benzene rings is 1. The van der Waals surface area contributed by atoms with Crippen LogP contribution in [0.15, 0.2) is 21.9 Å². The summed E-state index contributed by atoms with van der Waals surface area (Å²) in [6.45, 7) is -0.169. The number of nitrogens with zero attached hydrogens (tertiary/aromatic N) is 4. The maximum atomic E-state index is 12.9. The molecule has 8 N–H and O–H groups in total. The molecule has 32 heavy (non-hydrogen) atoms. The molecule has 178 valence electrons. The number of hydrogen-bond acceptors (Lipinski definition) is 12. The molecule has 1 aliphatic rings. The summed E-state index contributed by atoms with van der Waals surface area (Å²) in [4.78, 5) is 0.310. The van der Waals surface area contributed by atoms with Crippen molar-refractivity contribution in [1.29, 1.82) is 0 Å². The second-order valence-corrected chi connectivity index (χ2v) is 10.2. The number of ether oxygens (including phenoxy) is 1. The molecule has 0 aliphatic carbocycles. The zero-order valence-electron chi connectivity index (χ0n) is 16.7. The van der Waals surface area contributed by atoms with Gasteiger partial charge in [0.15, 0.2) is 0 Å². The molecule has 0 amide bonds. The number of rotatable bonds is 9. The van der Waals surface area contributed by atoms with Gasteiger partial charge in [-0.25, -0.2) is 26.7 Å². The molecule has 15 nitrogen and oxygen atoms in total. The molecule has 1 aromatic carbocycles. The minimum Gasteiger partial charge on any atom is -0.394 e. The van der Waals surface area contributed by atoms with Crippen LogP contribution in [-0.2, 0) is 24.8 Å². The Hall–Kier alpha value is -2.25. The van der Waals surface area contributed by atoms with Crippen LogP contribution < -0.4 is 20.5 Å². The van der Waals surface area contributed by atoms with E-state index in [1.54, 1.807) is 4.90 Å². The van der Waals surface area contributed by atoms with Crippen LogP contribution >= 0.6 is 0 Å². The molecular formula is C15H24N8O7S2. The van der Waals surface area contributed by atoms with Crippen molar-refractivity contribution in [2.75, 3.05) is 44.3 Å². The third-order valence-electron chi connectivity index (χ3n) is 4.71. The van der Waals surface area contributed by atoms with Crippen molar-refractivity contribution < 1.29 is 31.8 Å². The maximum Gasteiger partial charge on any atom is 0.242 e. The summed E-state index contributed by atoms with van der Waals surface area (Å²) in [5, 5.41) is 37.8. The quantitative estimate of drug-likeness (QED) is 0.198. The van der Waals surface area contributed by atoms with Crippen molar-refractivity contribution in [3.63, 3.8) is 0 Å². The lowest BCUT2D eigenvalue weighted by Crippen LogP contribution is -2.44. The first-order valence-corrected chi connectivity index (χ1v) is 12.4. The molecule has 0 radical (unpaired) electrons. The first-order valence-electron chi connectivity index (χ1n) is 9.37. The summed E-state index contributed by atoms with van der Waals surface area (Å²) < 4.78 is 58.6. The molecule has 0 spiro atoms. The Bertz CT molecular complexity index is 1140. The van der Waals surface area contributed by atoms with Crippen molar-refractivity contribution >= 4 is 25.7 Å². The second-order valence-electron chi connectivity index (χ2n) is 6.93. The largest absolute Gasteiger partial charge is 0.394 e. The lowest BCUT2D eigenvalue weighted by molar-refractivity contribution is 0.00358. The topological polar surface area (TPSA) is 240 Å². The number of nitrogens with two attached hydrogens (primary N) is 2. The van der Waals surface area contributed by atoms with Gasteiger partial charge in [0.05, 0.1) is 31.0 Å². The summed E-state index contributed by atoms with van der Waals surface area (Å²) in [5.41, 5.74) is 5.37. The number of tetrazole rings is 1. The Morgan fingerprint density at radius 2 is 2.09 bits per heavy atom. The lowest BCUT2D eigenvalue weighted by Gasteiger charge is -2.35. The highest BCUT2D eigenvalue weighted by Crippen LogP contribution is 2.38. The molecule has 17 heteroatoms. The molecule has 2 atom stereocenters. The van der Waals surface area contributed by atoms with Crippen LogP contribution in [0.5, 0.6) is 0 Å². The molecule has 1 fully saturated rings. The van der Waals surface area contributed by atoms with E-state index in [0.717, 1.165) is 6.07 Å². The molecule has 3 rings (SSSR count). The van der Waals surface area contributed by atoms with E-state index in [1.807, 2.05) is 0 Å². The Labute approximate surface area is 183 Å². The molecule has 2 aromatic rings. The highest BCUT2D eigenvalue weighted by Gasteiger charge is 2.34.